The highest BCUT2D eigenvalue weighted by Crippen LogP contribution is 2.25. The summed E-state index contributed by atoms with van der Waals surface area (Å²) in [7, 11) is 3.23. The lowest BCUT2D eigenvalue weighted by molar-refractivity contribution is 0.0599. The van der Waals surface area contributed by atoms with Crippen LogP contribution < -0.4 is 0 Å². The highest BCUT2D eigenvalue weighted by atomic mass is 16.5. The molecule has 0 aliphatic carbocycles. The Morgan fingerprint density at radius 1 is 1.14 bits per heavy atom. The minimum absolute atomic E-state index is 0.127. The third-order valence-corrected chi connectivity index (χ3v) is 3.46. The number of hydrogen-bond donors (Lipinski definition) is 0. The van der Waals surface area contributed by atoms with Crippen molar-refractivity contribution in [1.29, 1.82) is 0 Å². The molecule has 0 N–H and O–H groups in total. The smallest absolute Gasteiger partial charge is 0.290 e. The summed E-state index contributed by atoms with van der Waals surface area (Å²) in [6, 6.07) is 7.66. The highest BCUT2D eigenvalue weighted by Gasteiger charge is 2.22. The molecular weight excluding hydrogens is 270 g/mol. The maximum absolute atomic E-state index is 12.7. The van der Waals surface area contributed by atoms with Crippen LogP contribution in [0.1, 0.15) is 16.1 Å². The van der Waals surface area contributed by atoms with E-state index in [0.717, 1.165) is 16.5 Å². The molecule has 1 aromatic heterocycles. The minimum Gasteiger partial charge on any atom is -0.451 e. The number of benzene rings is 1. The Balaban J connectivity index is 2.26. The maximum Gasteiger partial charge on any atom is 0.290 e. The summed E-state index contributed by atoms with van der Waals surface area (Å²) in [6.07, 6.45) is 0. The molecule has 5 heteroatoms. The average molecular weight is 291 g/mol. The number of methoxy groups -OCH3 is 2. The molecule has 0 atom stereocenters. The Morgan fingerprint density at radius 2 is 1.76 bits per heavy atom. The van der Waals surface area contributed by atoms with E-state index >= 15 is 0 Å². The van der Waals surface area contributed by atoms with E-state index in [9.17, 15) is 4.79 Å². The predicted octanol–water partition coefficient (Wildman–Crippen LogP) is 2.48. The normalized spacial score (nSPS) is 11.0. The first-order valence-electron chi connectivity index (χ1n) is 6.94. The quantitative estimate of drug-likeness (QED) is 0.786. The summed E-state index contributed by atoms with van der Waals surface area (Å²) in [5, 5.41) is 0.972. The van der Waals surface area contributed by atoms with Crippen LogP contribution >= 0.6 is 0 Å². The van der Waals surface area contributed by atoms with Gasteiger partial charge in [0, 0.05) is 38.3 Å². The van der Waals surface area contributed by atoms with Gasteiger partial charge >= 0.3 is 0 Å². The first-order chi connectivity index (χ1) is 10.2. The molecule has 2 rings (SSSR count). The van der Waals surface area contributed by atoms with E-state index in [2.05, 4.69) is 0 Å². The Hall–Kier alpha value is -1.85. The summed E-state index contributed by atoms with van der Waals surface area (Å²) in [4.78, 5) is 14.4. The van der Waals surface area contributed by atoms with Crippen LogP contribution in [0.2, 0.25) is 0 Å². The van der Waals surface area contributed by atoms with Crippen LogP contribution in [0.5, 0.6) is 0 Å². The number of furan rings is 1. The number of carbonyl (C=O) groups excluding carboxylic acids is 1. The fourth-order valence-electron chi connectivity index (χ4n) is 2.24. The fraction of sp³-hybridized carbons (Fsp3) is 0.438. The van der Waals surface area contributed by atoms with Crippen LogP contribution in [0.4, 0.5) is 0 Å². The average Bonchev–Trinajstić information content (AvgIpc) is 2.84. The van der Waals surface area contributed by atoms with Gasteiger partial charge in [-0.1, -0.05) is 18.2 Å². The van der Waals surface area contributed by atoms with Crippen molar-refractivity contribution in [2.45, 2.75) is 6.92 Å². The minimum atomic E-state index is -0.127. The first kappa shape index (κ1) is 15.5. The third kappa shape index (κ3) is 3.43. The van der Waals surface area contributed by atoms with E-state index < -0.39 is 0 Å². The molecule has 0 saturated heterocycles. The van der Waals surface area contributed by atoms with Crippen molar-refractivity contribution in [3.63, 3.8) is 0 Å². The molecule has 0 bridgehead atoms. The SMILES string of the molecule is COCCN(CCOC)C(=O)c1oc2ccccc2c1C. The van der Waals surface area contributed by atoms with Gasteiger partial charge in [0.1, 0.15) is 5.58 Å². The zero-order chi connectivity index (χ0) is 15.2. The second kappa shape index (κ2) is 7.24. The zero-order valence-corrected chi connectivity index (χ0v) is 12.7. The lowest BCUT2D eigenvalue weighted by Gasteiger charge is -2.21. The summed E-state index contributed by atoms with van der Waals surface area (Å²) >= 11 is 0. The van der Waals surface area contributed by atoms with Crippen LogP contribution in [-0.4, -0.2) is 51.3 Å². The third-order valence-electron chi connectivity index (χ3n) is 3.46. The molecule has 0 saturated carbocycles. The molecule has 21 heavy (non-hydrogen) atoms. The molecule has 114 valence electrons. The van der Waals surface area contributed by atoms with Gasteiger partial charge in [0.15, 0.2) is 5.76 Å². The van der Waals surface area contributed by atoms with Gasteiger partial charge in [0.2, 0.25) is 0 Å². The largest absolute Gasteiger partial charge is 0.451 e. The molecule has 0 radical (unpaired) electrons. The maximum atomic E-state index is 12.7. The van der Waals surface area contributed by atoms with Gasteiger partial charge in [0.25, 0.3) is 5.91 Å². The number of fused-ring (bicyclic) bond motifs is 1. The van der Waals surface area contributed by atoms with Crippen LogP contribution in [0, 0.1) is 6.92 Å². The zero-order valence-electron chi connectivity index (χ0n) is 12.7. The highest BCUT2D eigenvalue weighted by molar-refractivity contribution is 5.98. The van der Waals surface area contributed by atoms with Crippen LogP contribution in [0.3, 0.4) is 0 Å². The first-order valence-corrected chi connectivity index (χ1v) is 6.94. The van der Waals surface area contributed by atoms with Gasteiger partial charge in [-0.15, -0.1) is 0 Å². The molecule has 5 nitrogen and oxygen atoms in total. The second-order valence-electron chi connectivity index (χ2n) is 4.83. The van der Waals surface area contributed by atoms with Crippen LogP contribution in [0.15, 0.2) is 28.7 Å². The van der Waals surface area contributed by atoms with Gasteiger partial charge in [-0.25, -0.2) is 0 Å². The second-order valence-corrected chi connectivity index (χ2v) is 4.83. The lowest BCUT2D eigenvalue weighted by atomic mass is 10.1. The van der Waals surface area contributed by atoms with Gasteiger partial charge in [-0.05, 0) is 13.0 Å². The summed E-state index contributed by atoms with van der Waals surface area (Å²) < 4.78 is 15.9. The van der Waals surface area contributed by atoms with Crippen molar-refractivity contribution in [3.8, 4) is 0 Å². The molecule has 0 spiro atoms. The van der Waals surface area contributed by atoms with Gasteiger partial charge in [0.05, 0.1) is 13.2 Å². The Bertz CT molecular complexity index is 597. The monoisotopic (exact) mass is 291 g/mol. The number of ether oxygens (including phenoxy) is 2. The van der Waals surface area contributed by atoms with Crippen molar-refractivity contribution in [1.82, 2.24) is 4.90 Å². The van der Waals surface area contributed by atoms with Gasteiger partial charge in [-0.3, -0.25) is 4.79 Å². The molecular formula is C16H21NO4. The predicted molar refractivity (Wildman–Crippen MR) is 80.6 cm³/mol. The van der Waals surface area contributed by atoms with E-state index in [1.54, 1.807) is 19.1 Å². The van der Waals surface area contributed by atoms with E-state index in [1.807, 2.05) is 31.2 Å². The molecule has 1 heterocycles. The van der Waals surface area contributed by atoms with E-state index in [4.69, 9.17) is 13.9 Å². The van der Waals surface area contributed by atoms with Crippen LogP contribution in [0.25, 0.3) is 11.0 Å². The molecule has 1 amide bonds. The Morgan fingerprint density at radius 3 is 2.33 bits per heavy atom. The van der Waals surface area contributed by atoms with E-state index in [1.165, 1.54) is 0 Å². The van der Waals surface area contributed by atoms with Crippen molar-refractivity contribution in [3.05, 3.63) is 35.6 Å². The van der Waals surface area contributed by atoms with Gasteiger partial charge < -0.3 is 18.8 Å². The fourth-order valence-corrected chi connectivity index (χ4v) is 2.24. The van der Waals surface area contributed by atoms with Crippen molar-refractivity contribution in [2.24, 2.45) is 0 Å². The molecule has 0 unspecified atom stereocenters. The number of nitrogens with zero attached hydrogens (tertiary/aromatic N) is 1. The molecule has 0 aliphatic rings. The summed E-state index contributed by atoms with van der Waals surface area (Å²) in [5.41, 5.74) is 1.60. The van der Waals surface area contributed by atoms with Gasteiger partial charge in [-0.2, -0.15) is 0 Å². The number of amides is 1. The lowest BCUT2D eigenvalue weighted by Crippen LogP contribution is -2.36. The van der Waals surface area contributed by atoms with Crippen molar-refractivity contribution in [2.75, 3.05) is 40.5 Å². The number of carbonyl (C=O) groups is 1. The van der Waals surface area contributed by atoms with E-state index in [0.29, 0.717) is 32.1 Å². The number of rotatable bonds is 7. The molecule has 0 aliphatic heterocycles. The number of hydrogen-bond acceptors (Lipinski definition) is 4. The Kier molecular flexibility index (Phi) is 5.36. The summed E-state index contributed by atoms with van der Waals surface area (Å²) in [6.45, 7) is 3.89. The molecule has 2 aromatic rings. The number of para-hydroxylation sites is 1. The summed E-state index contributed by atoms with van der Waals surface area (Å²) in [5.74, 6) is 0.265. The van der Waals surface area contributed by atoms with Crippen molar-refractivity contribution >= 4 is 16.9 Å². The number of aryl methyl sites for hydroxylation is 1. The molecule has 0 fully saturated rings. The molecule has 1 aromatic carbocycles. The van der Waals surface area contributed by atoms with Crippen LogP contribution in [-0.2, 0) is 9.47 Å². The standard InChI is InChI=1S/C16H21NO4/c1-12-13-6-4-5-7-14(13)21-15(12)16(18)17(8-10-19-2)9-11-20-3/h4-7H,8-11H2,1-3H3. The Labute approximate surface area is 124 Å². The van der Waals surface area contributed by atoms with Crippen molar-refractivity contribution < 1.29 is 18.7 Å². The topological polar surface area (TPSA) is 51.9 Å². The van der Waals surface area contributed by atoms with E-state index in [-0.39, 0.29) is 5.91 Å².